The second-order valence-electron chi connectivity index (χ2n) is 4.87. The lowest BCUT2D eigenvalue weighted by Crippen LogP contribution is -2.27. The van der Waals surface area contributed by atoms with Gasteiger partial charge < -0.3 is 15.4 Å². The van der Waals surface area contributed by atoms with Crippen LogP contribution in [0.3, 0.4) is 0 Å². The second kappa shape index (κ2) is 7.45. The lowest BCUT2D eigenvalue weighted by atomic mass is 10.2. The van der Waals surface area contributed by atoms with Gasteiger partial charge in [-0.1, -0.05) is 29.8 Å². The van der Waals surface area contributed by atoms with Crippen LogP contribution in [0, 0.1) is 6.92 Å². The average molecular weight is 284 g/mol. The number of hydrogen-bond acceptors (Lipinski definition) is 3. The van der Waals surface area contributed by atoms with Gasteiger partial charge in [-0.2, -0.15) is 0 Å². The highest BCUT2D eigenvalue weighted by atomic mass is 16.5. The third-order valence-corrected chi connectivity index (χ3v) is 3.11. The molecule has 2 aromatic carbocycles. The molecule has 0 radical (unpaired) electrons. The van der Waals surface area contributed by atoms with Crippen molar-refractivity contribution in [2.45, 2.75) is 13.5 Å². The number of ether oxygens (including phenoxy) is 1. The second-order valence-corrected chi connectivity index (χ2v) is 4.87. The van der Waals surface area contributed by atoms with Crippen LogP contribution in [-0.4, -0.2) is 19.6 Å². The van der Waals surface area contributed by atoms with Crippen molar-refractivity contribution in [3.63, 3.8) is 0 Å². The van der Waals surface area contributed by atoms with Gasteiger partial charge in [0.15, 0.2) is 0 Å². The van der Waals surface area contributed by atoms with E-state index in [2.05, 4.69) is 10.6 Å². The first-order chi connectivity index (χ1) is 10.2. The normalized spacial score (nSPS) is 10.2. The summed E-state index contributed by atoms with van der Waals surface area (Å²) in [6.07, 6.45) is 0. The fourth-order valence-corrected chi connectivity index (χ4v) is 1.91. The van der Waals surface area contributed by atoms with Crippen LogP contribution in [0.1, 0.15) is 11.1 Å². The Balaban J connectivity index is 1.74. The fraction of sp³-hybridized carbons (Fsp3) is 0.235. The largest absolute Gasteiger partial charge is 0.497 e. The van der Waals surface area contributed by atoms with Crippen molar-refractivity contribution in [3.8, 4) is 5.75 Å². The Kier molecular flexibility index (Phi) is 5.35. The predicted molar refractivity (Wildman–Crippen MR) is 84.5 cm³/mol. The van der Waals surface area contributed by atoms with Crippen molar-refractivity contribution in [2.24, 2.45) is 0 Å². The van der Waals surface area contributed by atoms with Crippen LogP contribution in [0.25, 0.3) is 0 Å². The fourth-order valence-electron chi connectivity index (χ4n) is 1.91. The monoisotopic (exact) mass is 284 g/mol. The molecular formula is C17H20N2O2. The Morgan fingerprint density at radius 1 is 1.05 bits per heavy atom. The highest BCUT2D eigenvalue weighted by Crippen LogP contribution is 2.11. The van der Waals surface area contributed by atoms with Crippen molar-refractivity contribution < 1.29 is 9.53 Å². The van der Waals surface area contributed by atoms with E-state index < -0.39 is 0 Å². The zero-order chi connectivity index (χ0) is 15.1. The molecule has 0 spiro atoms. The molecule has 0 saturated heterocycles. The SMILES string of the molecule is COc1ccc(CNCC(=O)Nc2ccc(C)cc2)cc1. The van der Waals surface area contributed by atoms with E-state index in [1.807, 2.05) is 55.5 Å². The molecule has 1 amide bonds. The minimum absolute atomic E-state index is 0.0487. The van der Waals surface area contributed by atoms with Gasteiger partial charge in [0.1, 0.15) is 5.75 Å². The highest BCUT2D eigenvalue weighted by Gasteiger charge is 2.02. The standard InChI is InChI=1S/C17H20N2O2/c1-13-3-7-15(8-4-13)19-17(20)12-18-11-14-5-9-16(21-2)10-6-14/h3-10,18H,11-12H2,1-2H3,(H,19,20). The van der Waals surface area contributed by atoms with Gasteiger partial charge in [0.25, 0.3) is 0 Å². The van der Waals surface area contributed by atoms with Crippen molar-refractivity contribution in [2.75, 3.05) is 19.0 Å². The van der Waals surface area contributed by atoms with Crippen LogP contribution >= 0.6 is 0 Å². The van der Waals surface area contributed by atoms with Crippen LogP contribution in [-0.2, 0) is 11.3 Å². The Labute approximate surface area is 125 Å². The summed E-state index contributed by atoms with van der Waals surface area (Å²) in [5.74, 6) is 0.781. The van der Waals surface area contributed by atoms with Gasteiger partial charge in [-0.25, -0.2) is 0 Å². The number of aryl methyl sites for hydroxylation is 1. The van der Waals surface area contributed by atoms with Crippen LogP contribution in [0.5, 0.6) is 5.75 Å². The number of benzene rings is 2. The zero-order valence-electron chi connectivity index (χ0n) is 12.3. The summed E-state index contributed by atoms with van der Waals surface area (Å²) < 4.78 is 5.10. The maximum atomic E-state index is 11.8. The number of amides is 1. The molecule has 0 aromatic heterocycles. The number of carbonyl (C=O) groups is 1. The quantitative estimate of drug-likeness (QED) is 0.857. The topological polar surface area (TPSA) is 50.4 Å². The van der Waals surface area contributed by atoms with E-state index in [0.29, 0.717) is 6.54 Å². The molecule has 21 heavy (non-hydrogen) atoms. The van der Waals surface area contributed by atoms with E-state index >= 15 is 0 Å². The Bertz CT molecular complexity index is 577. The first-order valence-electron chi connectivity index (χ1n) is 6.87. The molecule has 0 aliphatic rings. The van der Waals surface area contributed by atoms with E-state index in [1.165, 1.54) is 5.56 Å². The van der Waals surface area contributed by atoms with Crippen LogP contribution in [0.15, 0.2) is 48.5 Å². The molecule has 0 saturated carbocycles. The highest BCUT2D eigenvalue weighted by molar-refractivity contribution is 5.92. The first kappa shape index (κ1) is 15.1. The molecule has 0 heterocycles. The first-order valence-corrected chi connectivity index (χ1v) is 6.87. The third-order valence-electron chi connectivity index (χ3n) is 3.11. The minimum atomic E-state index is -0.0487. The van der Waals surface area contributed by atoms with E-state index in [9.17, 15) is 4.79 Å². The van der Waals surface area contributed by atoms with E-state index in [-0.39, 0.29) is 12.5 Å². The smallest absolute Gasteiger partial charge is 0.238 e. The Hall–Kier alpha value is -2.33. The summed E-state index contributed by atoms with van der Waals surface area (Å²) in [4.78, 5) is 11.8. The number of nitrogens with one attached hydrogen (secondary N) is 2. The maximum absolute atomic E-state index is 11.8. The van der Waals surface area contributed by atoms with E-state index in [0.717, 1.165) is 17.0 Å². The molecule has 2 N–H and O–H groups in total. The van der Waals surface area contributed by atoms with E-state index in [1.54, 1.807) is 7.11 Å². The van der Waals surface area contributed by atoms with Crippen LogP contribution in [0.4, 0.5) is 5.69 Å². The number of anilines is 1. The Morgan fingerprint density at radius 2 is 1.71 bits per heavy atom. The Morgan fingerprint density at radius 3 is 2.33 bits per heavy atom. The molecule has 0 fully saturated rings. The molecular weight excluding hydrogens is 264 g/mol. The van der Waals surface area contributed by atoms with Crippen molar-refractivity contribution in [1.82, 2.24) is 5.32 Å². The van der Waals surface area contributed by atoms with Crippen LogP contribution in [0.2, 0.25) is 0 Å². The lowest BCUT2D eigenvalue weighted by molar-refractivity contribution is -0.115. The van der Waals surface area contributed by atoms with Crippen molar-refractivity contribution in [3.05, 3.63) is 59.7 Å². The third kappa shape index (κ3) is 4.93. The molecule has 2 rings (SSSR count). The van der Waals surface area contributed by atoms with Gasteiger partial charge in [0, 0.05) is 12.2 Å². The predicted octanol–water partition coefficient (Wildman–Crippen LogP) is 2.73. The molecule has 0 bridgehead atoms. The summed E-state index contributed by atoms with van der Waals surface area (Å²) in [6.45, 7) is 2.94. The number of rotatable bonds is 6. The van der Waals surface area contributed by atoms with Gasteiger partial charge >= 0.3 is 0 Å². The maximum Gasteiger partial charge on any atom is 0.238 e. The number of hydrogen-bond donors (Lipinski definition) is 2. The molecule has 0 aliphatic carbocycles. The molecule has 4 nitrogen and oxygen atoms in total. The summed E-state index contributed by atoms with van der Waals surface area (Å²) in [5, 5.41) is 5.97. The average Bonchev–Trinajstić information content (AvgIpc) is 2.50. The summed E-state index contributed by atoms with van der Waals surface area (Å²) in [6, 6.07) is 15.5. The van der Waals surface area contributed by atoms with Gasteiger partial charge in [0.2, 0.25) is 5.91 Å². The summed E-state index contributed by atoms with van der Waals surface area (Å²) in [7, 11) is 1.64. The number of methoxy groups -OCH3 is 1. The molecule has 2 aromatic rings. The minimum Gasteiger partial charge on any atom is -0.497 e. The molecule has 0 unspecified atom stereocenters. The number of carbonyl (C=O) groups excluding carboxylic acids is 1. The van der Waals surface area contributed by atoms with Gasteiger partial charge in [0.05, 0.1) is 13.7 Å². The van der Waals surface area contributed by atoms with Crippen molar-refractivity contribution in [1.29, 1.82) is 0 Å². The van der Waals surface area contributed by atoms with Gasteiger partial charge in [-0.3, -0.25) is 4.79 Å². The van der Waals surface area contributed by atoms with Gasteiger partial charge in [-0.15, -0.1) is 0 Å². The van der Waals surface area contributed by atoms with Crippen LogP contribution < -0.4 is 15.4 Å². The lowest BCUT2D eigenvalue weighted by Gasteiger charge is -2.07. The summed E-state index contributed by atoms with van der Waals surface area (Å²) >= 11 is 0. The molecule has 0 aliphatic heterocycles. The molecule has 0 atom stereocenters. The van der Waals surface area contributed by atoms with E-state index in [4.69, 9.17) is 4.74 Å². The molecule has 4 heteroatoms. The van der Waals surface area contributed by atoms with Crippen molar-refractivity contribution >= 4 is 11.6 Å². The zero-order valence-corrected chi connectivity index (χ0v) is 12.3. The van der Waals surface area contributed by atoms with Gasteiger partial charge in [-0.05, 0) is 36.8 Å². The summed E-state index contributed by atoms with van der Waals surface area (Å²) in [5.41, 5.74) is 3.10. The molecule has 110 valence electrons.